The molecule has 0 saturated heterocycles. The molecule has 1 aromatic carbocycles. The lowest BCUT2D eigenvalue weighted by molar-refractivity contribution is 0.101. The van der Waals surface area contributed by atoms with Crippen LogP contribution in [0.3, 0.4) is 0 Å². The zero-order chi connectivity index (χ0) is 12.3. The van der Waals surface area contributed by atoms with Crippen molar-refractivity contribution in [2.75, 3.05) is 0 Å². The molecule has 2 rings (SSSR count). The van der Waals surface area contributed by atoms with Crippen LogP contribution >= 0.6 is 11.8 Å². The fourth-order valence-corrected chi connectivity index (χ4v) is 2.32. The zero-order valence-corrected chi connectivity index (χ0v) is 9.87. The minimum absolute atomic E-state index is 0.100. The van der Waals surface area contributed by atoms with E-state index in [0.29, 0.717) is 9.92 Å². The molecule has 0 N–H and O–H groups in total. The van der Waals surface area contributed by atoms with Gasteiger partial charge in [-0.1, -0.05) is 17.8 Å². The molecule has 0 aliphatic rings. The second-order valence-corrected chi connectivity index (χ2v) is 4.38. The molecule has 86 valence electrons. The summed E-state index contributed by atoms with van der Waals surface area (Å²) in [7, 11) is 0. The van der Waals surface area contributed by atoms with Crippen LogP contribution in [0, 0.1) is 5.82 Å². The van der Waals surface area contributed by atoms with E-state index in [1.165, 1.54) is 24.8 Å². The lowest BCUT2D eigenvalue weighted by Crippen LogP contribution is -1.99. The topological polar surface area (TPSA) is 42.9 Å². The molecule has 0 unspecified atom stereocenters. The van der Waals surface area contributed by atoms with E-state index in [-0.39, 0.29) is 11.3 Å². The number of aromatic nitrogens is 2. The Hall–Kier alpha value is -1.75. The molecule has 2 aromatic rings. The summed E-state index contributed by atoms with van der Waals surface area (Å²) in [5, 5.41) is 0.626. The third kappa shape index (κ3) is 2.68. The van der Waals surface area contributed by atoms with E-state index in [0.717, 1.165) is 0 Å². The number of ketones is 1. The van der Waals surface area contributed by atoms with Crippen LogP contribution in [-0.4, -0.2) is 15.8 Å². The van der Waals surface area contributed by atoms with E-state index in [9.17, 15) is 9.18 Å². The van der Waals surface area contributed by atoms with Crippen molar-refractivity contribution in [3.8, 4) is 0 Å². The number of halogens is 1. The first kappa shape index (κ1) is 11.7. The Morgan fingerprint density at radius 3 is 2.82 bits per heavy atom. The van der Waals surface area contributed by atoms with Gasteiger partial charge in [0.2, 0.25) is 0 Å². The molecule has 0 aliphatic carbocycles. The average molecular weight is 248 g/mol. The first-order chi connectivity index (χ1) is 8.18. The first-order valence-corrected chi connectivity index (χ1v) is 5.73. The number of carbonyl (C=O) groups excluding carboxylic acids is 1. The molecule has 0 bridgehead atoms. The molecule has 5 heteroatoms. The number of Topliss-reactive ketones (excluding diaryl/α,β-unsaturated/α-hetero) is 1. The average Bonchev–Trinajstić information content (AvgIpc) is 2.30. The summed E-state index contributed by atoms with van der Waals surface area (Å²) in [5.41, 5.74) is 0.100. The first-order valence-electron chi connectivity index (χ1n) is 4.92. The van der Waals surface area contributed by atoms with Gasteiger partial charge in [0.25, 0.3) is 0 Å². The Balaban J connectivity index is 2.40. The van der Waals surface area contributed by atoms with Gasteiger partial charge in [-0.3, -0.25) is 9.78 Å². The van der Waals surface area contributed by atoms with E-state index in [4.69, 9.17) is 0 Å². The molecule has 1 heterocycles. The second-order valence-electron chi connectivity index (χ2n) is 3.31. The van der Waals surface area contributed by atoms with Gasteiger partial charge in [0.05, 0.1) is 11.8 Å². The van der Waals surface area contributed by atoms with Crippen LogP contribution < -0.4 is 0 Å². The van der Waals surface area contributed by atoms with Crippen LogP contribution in [0.25, 0.3) is 0 Å². The fourth-order valence-electron chi connectivity index (χ4n) is 1.38. The molecular weight excluding hydrogens is 239 g/mol. The van der Waals surface area contributed by atoms with E-state index in [2.05, 4.69) is 9.97 Å². The quantitative estimate of drug-likeness (QED) is 0.783. The summed E-state index contributed by atoms with van der Waals surface area (Å²) < 4.78 is 13.5. The van der Waals surface area contributed by atoms with Crippen LogP contribution in [0.15, 0.2) is 46.7 Å². The van der Waals surface area contributed by atoms with E-state index in [1.807, 2.05) is 0 Å². The SMILES string of the molecule is CC(=O)c1c(F)cccc1Sc1cnccn1. The second kappa shape index (κ2) is 5.05. The van der Waals surface area contributed by atoms with Crippen LogP contribution in [-0.2, 0) is 0 Å². The molecule has 0 spiro atoms. The minimum Gasteiger partial charge on any atom is -0.294 e. The molecule has 0 amide bonds. The number of hydrogen-bond donors (Lipinski definition) is 0. The minimum atomic E-state index is -0.508. The number of rotatable bonds is 3. The van der Waals surface area contributed by atoms with Crippen molar-refractivity contribution in [3.05, 3.63) is 48.2 Å². The highest BCUT2D eigenvalue weighted by atomic mass is 32.2. The molecular formula is C12H9FN2OS. The lowest BCUT2D eigenvalue weighted by atomic mass is 10.1. The lowest BCUT2D eigenvalue weighted by Gasteiger charge is -2.06. The number of carbonyl (C=O) groups is 1. The van der Waals surface area contributed by atoms with Gasteiger partial charge in [0.1, 0.15) is 10.8 Å². The van der Waals surface area contributed by atoms with Crippen molar-refractivity contribution in [1.29, 1.82) is 0 Å². The highest BCUT2D eigenvalue weighted by Crippen LogP contribution is 2.30. The zero-order valence-electron chi connectivity index (χ0n) is 9.05. The van der Waals surface area contributed by atoms with Crippen LogP contribution in [0.4, 0.5) is 4.39 Å². The molecule has 0 saturated carbocycles. The van der Waals surface area contributed by atoms with Gasteiger partial charge >= 0.3 is 0 Å². The van der Waals surface area contributed by atoms with E-state index in [1.54, 1.807) is 30.7 Å². The highest BCUT2D eigenvalue weighted by Gasteiger charge is 2.14. The molecule has 0 aliphatic heterocycles. The largest absolute Gasteiger partial charge is 0.294 e. The van der Waals surface area contributed by atoms with Crippen LogP contribution in [0.2, 0.25) is 0 Å². The van der Waals surface area contributed by atoms with E-state index < -0.39 is 5.82 Å². The molecule has 3 nitrogen and oxygen atoms in total. The Bertz CT molecular complexity index is 545. The van der Waals surface area contributed by atoms with Gasteiger partial charge < -0.3 is 0 Å². The summed E-state index contributed by atoms with van der Waals surface area (Å²) in [6.07, 6.45) is 4.68. The maximum atomic E-state index is 13.5. The predicted octanol–water partition coefficient (Wildman–Crippen LogP) is 2.97. The van der Waals surface area contributed by atoms with Crippen molar-refractivity contribution >= 4 is 17.5 Å². The Morgan fingerprint density at radius 2 is 2.18 bits per heavy atom. The van der Waals surface area contributed by atoms with Crippen molar-refractivity contribution in [2.45, 2.75) is 16.8 Å². The van der Waals surface area contributed by atoms with Crippen LogP contribution in [0.1, 0.15) is 17.3 Å². The highest BCUT2D eigenvalue weighted by molar-refractivity contribution is 7.99. The van der Waals surface area contributed by atoms with Gasteiger partial charge in [-0.15, -0.1) is 0 Å². The number of hydrogen-bond acceptors (Lipinski definition) is 4. The van der Waals surface area contributed by atoms with Crippen LogP contribution in [0.5, 0.6) is 0 Å². The maximum Gasteiger partial charge on any atom is 0.163 e. The van der Waals surface area contributed by atoms with E-state index >= 15 is 0 Å². The Labute approximate surface area is 102 Å². The molecule has 0 fully saturated rings. The fraction of sp³-hybridized carbons (Fsp3) is 0.0833. The normalized spacial score (nSPS) is 10.2. The maximum absolute atomic E-state index is 13.5. The summed E-state index contributed by atoms with van der Waals surface area (Å²) in [4.78, 5) is 19.9. The van der Waals surface area contributed by atoms with Gasteiger partial charge in [0, 0.05) is 17.3 Å². The summed E-state index contributed by atoms with van der Waals surface area (Å²) in [6, 6.07) is 4.54. The third-order valence-corrected chi connectivity index (χ3v) is 3.06. The summed E-state index contributed by atoms with van der Waals surface area (Å²) >= 11 is 1.22. The van der Waals surface area contributed by atoms with Gasteiger partial charge in [-0.05, 0) is 19.1 Å². The van der Waals surface area contributed by atoms with Gasteiger partial charge in [0.15, 0.2) is 5.78 Å². The Morgan fingerprint density at radius 1 is 1.35 bits per heavy atom. The predicted molar refractivity (Wildman–Crippen MR) is 62.6 cm³/mol. The monoisotopic (exact) mass is 248 g/mol. The molecule has 0 atom stereocenters. The Kier molecular flexibility index (Phi) is 3.49. The number of nitrogens with zero attached hydrogens (tertiary/aromatic N) is 2. The third-order valence-electron chi connectivity index (χ3n) is 2.08. The van der Waals surface area contributed by atoms with Gasteiger partial charge in [-0.2, -0.15) is 0 Å². The van der Waals surface area contributed by atoms with Crippen molar-refractivity contribution in [3.63, 3.8) is 0 Å². The molecule has 1 aromatic heterocycles. The smallest absolute Gasteiger partial charge is 0.163 e. The van der Waals surface area contributed by atoms with Gasteiger partial charge in [-0.25, -0.2) is 9.37 Å². The summed E-state index contributed by atoms with van der Waals surface area (Å²) in [6.45, 7) is 1.35. The van der Waals surface area contributed by atoms with Crippen molar-refractivity contribution in [1.82, 2.24) is 9.97 Å². The van der Waals surface area contributed by atoms with Crippen molar-refractivity contribution < 1.29 is 9.18 Å². The molecule has 17 heavy (non-hydrogen) atoms. The van der Waals surface area contributed by atoms with Crippen molar-refractivity contribution in [2.24, 2.45) is 0 Å². The standard InChI is InChI=1S/C12H9FN2OS/c1-8(16)12-9(13)3-2-4-10(12)17-11-7-14-5-6-15-11/h2-7H,1H3. The molecule has 0 radical (unpaired) electrons. The number of benzene rings is 1. The summed E-state index contributed by atoms with van der Waals surface area (Å²) in [5.74, 6) is -0.805.